The highest BCUT2D eigenvalue weighted by molar-refractivity contribution is 6.03. The highest BCUT2D eigenvalue weighted by atomic mass is 16.5. The SMILES string of the molecule is C=C(C)C1=CC(C(=O)OC)(C(=O)OC)[C@@H]2CCCC/C=C\[C@H]12. The van der Waals surface area contributed by atoms with Crippen molar-refractivity contribution in [3.63, 3.8) is 0 Å². The number of carbonyl (C=O) groups excluding carboxylic acids is 2. The van der Waals surface area contributed by atoms with Crippen molar-refractivity contribution in [3.8, 4) is 0 Å². The molecule has 0 radical (unpaired) electrons. The van der Waals surface area contributed by atoms with E-state index in [2.05, 4.69) is 18.7 Å². The first-order valence-corrected chi connectivity index (χ1v) is 7.71. The smallest absolute Gasteiger partial charge is 0.327 e. The Labute approximate surface area is 131 Å². The minimum atomic E-state index is -1.36. The van der Waals surface area contributed by atoms with Crippen LogP contribution in [-0.4, -0.2) is 26.2 Å². The van der Waals surface area contributed by atoms with Crippen LogP contribution in [0.3, 0.4) is 0 Å². The van der Waals surface area contributed by atoms with Crippen molar-refractivity contribution >= 4 is 11.9 Å². The molecule has 0 saturated heterocycles. The molecule has 0 spiro atoms. The van der Waals surface area contributed by atoms with E-state index in [0.717, 1.165) is 36.8 Å². The van der Waals surface area contributed by atoms with Gasteiger partial charge in [0.05, 0.1) is 14.2 Å². The van der Waals surface area contributed by atoms with Gasteiger partial charge in [-0.05, 0) is 37.7 Å². The molecule has 4 heteroatoms. The fourth-order valence-electron chi connectivity index (χ4n) is 3.71. The van der Waals surface area contributed by atoms with E-state index in [1.807, 2.05) is 6.92 Å². The Morgan fingerprint density at radius 3 is 2.41 bits per heavy atom. The summed E-state index contributed by atoms with van der Waals surface area (Å²) in [6.45, 7) is 5.91. The van der Waals surface area contributed by atoms with Crippen LogP contribution >= 0.6 is 0 Å². The number of fused-ring (bicyclic) bond motifs is 1. The lowest BCUT2D eigenvalue weighted by Crippen LogP contribution is -2.45. The van der Waals surface area contributed by atoms with Crippen LogP contribution in [0.2, 0.25) is 0 Å². The van der Waals surface area contributed by atoms with Crippen molar-refractivity contribution in [2.24, 2.45) is 17.3 Å². The molecule has 22 heavy (non-hydrogen) atoms. The molecule has 0 amide bonds. The van der Waals surface area contributed by atoms with Crippen molar-refractivity contribution < 1.29 is 19.1 Å². The molecule has 0 saturated carbocycles. The molecule has 0 aromatic rings. The monoisotopic (exact) mass is 304 g/mol. The zero-order chi connectivity index (χ0) is 16.3. The molecule has 2 aliphatic rings. The van der Waals surface area contributed by atoms with E-state index in [1.54, 1.807) is 6.08 Å². The summed E-state index contributed by atoms with van der Waals surface area (Å²) >= 11 is 0. The van der Waals surface area contributed by atoms with Gasteiger partial charge in [0.2, 0.25) is 0 Å². The summed E-state index contributed by atoms with van der Waals surface area (Å²) in [4.78, 5) is 25.1. The number of hydrogen-bond acceptors (Lipinski definition) is 4. The Morgan fingerprint density at radius 2 is 1.86 bits per heavy atom. The minimum Gasteiger partial charge on any atom is -0.468 e. The maximum atomic E-state index is 12.5. The average Bonchev–Trinajstić information content (AvgIpc) is 2.80. The molecule has 0 N–H and O–H groups in total. The van der Waals surface area contributed by atoms with Crippen molar-refractivity contribution in [1.82, 2.24) is 0 Å². The number of carbonyl (C=O) groups is 2. The summed E-state index contributed by atoms with van der Waals surface area (Å²) in [5.74, 6) is -1.24. The van der Waals surface area contributed by atoms with E-state index in [0.29, 0.717) is 0 Å². The van der Waals surface area contributed by atoms with Crippen LogP contribution in [0.5, 0.6) is 0 Å². The van der Waals surface area contributed by atoms with Gasteiger partial charge in [-0.3, -0.25) is 9.59 Å². The molecule has 0 bridgehead atoms. The second kappa shape index (κ2) is 6.51. The molecule has 0 heterocycles. The Kier molecular flexibility index (Phi) is 4.89. The molecule has 0 aliphatic heterocycles. The highest BCUT2D eigenvalue weighted by Crippen LogP contribution is 2.52. The standard InChI is InChI=1S/C18H24O4/c1-12(2)14-11-18(16(19)21-3,17(20)22-4)15-10-8-6-5-7-9-13(14)15/h7,9,11,13,15H,1,5-6,8,10H2,2-4H3/b9-7-/t13-,15-/m1/s1. The van der Waals surface area contributed by atoms with Gasteiger partial charge in [-0.1, -0.05) is 36.8 Å². The summed E-state index contributed by atoms with van der Waals surface area (Å²) in [5.41, 5.74) is 0.457. The number of rotatable bonds is 3. The molecule has 4 nitrogen and oxygen atoms in total. The molecule has 2 aliphatic carbocycles. The lowest BCUT2D eigenvalue weighted by atomic mass is 9.70. The number of esters is 2. The number of hydrogen-bond donors (Lipinski definition) is 0. The van der Waals surface area contributed by atoms with Crippen molar-refractivity contribution in [2.45, 2.75) is 32.6 Å². The van der Waals surface area contributed by atoms with E-state index in [4.69, 9.17) is 9.47 Å². The lowest BCUT2D eigenvalue weighted by Gasteiger charge is -2.32. The average molecular weight is 304 g/mol. The maximum absolute atomic E-state index is 12.5. The Morgan fingerprint density at radius 1 is 1.23 bits per heavy atom. The molecule has 2 atom stereocenters. The predicted molar refractivity (Wildman–Crippen MR) is 84.0 cm³/mol. The molecule has 120 valence electrons. The first kappa shape index (κ1) is 16.5. The second-order valence-corrected chi connectivity index (χ2v) is 6.08. The third kappa shape index (κ3) is 2.51. The van der Waals surface area contributed by atoms with E-state index in [-0.39, 0.29) is 11.8 Å². The van der Waals surface area contributed by atoms with Gasteiger partial charge < -0.3 is 9.47 Å². The quantitative estimate of drug-likeness (QED) is 0.456. The minimum absolute atomic E-state index is 0.0102. The fourth-order valence-corrected chi connectivity index (χ4v) is 3.71. The zero-order valence-electron chi connectivity index (χ0n) is 13.6. The highest BCUT2D eigenvalue weighted by Gasteiger charge is 2.59. The summed E-state index contributed by atoms with van der Waals surface area (Å²) < 4.78 is 9.94. The van der Waals surface area contributed by atoms with E-state index < -0.39 is 17.4 Å². The first-order chi connectivity index (χ1) is 10.5. The van der Waals surface area contributed by atoms with Crippen LogP contribution in [-0.2, 0) is 19.1 Å². The van der Waals surface area contributed by atoms with E-state index >= 15 is 0 Å². The van der Waals surface area contributed by atoms with Gasteiger partial charge in [0.1, 0.15) is 0 Å². The van der Waals surface area contributed by atoms with Crippen LogP contribution in [0, 0.1) is 17.3 Å². The van der Waals surface area contributed by atoms with E-state index in [9.17, 15) is 9.59 Å². The molecule has 0 fully saturated rings. The Balaban J connectivity index is 2.61. The summed E-state index contributed by atoms with van der Waals surface area (Å²) in [6, 6.07) is 0. The van der Waals surface area contributed by atoms with Crippen LogP contribution < -0.4 is 0 Å². The number of methoxy groups -OCH3 is 2. The number of ether oxygens (including phenoxy) is 2. The van der Waals surface area contributed by atoms with Crippen molar-refractivity contribution in [2.75, 3.05) is 14.2 Å². The third-order valence-corrected chi connectivity index (χ3v) is 4.78. The summed E-state index contributed by atoms with van der Waals surface area (Å²) in [5, 5.41) is 0. The predicted octanol–water partition coefficient (Wildman–Crippen LogP) is 3.20. The molecule has 0 unspecified atom stereocenters. The van der Waals surface area contributed by atoms with Crippen LogP contribution in [0.25, 0.3) is 0 Å². The van der Waals surface area contributed by atoms with Gasteiger partial charge in [-0.2, -0.15) is 0 Å². The van der Waals surface area contributed by atoms with Gasteiger partial charge in [-0.15, -0.1) is 0 Å². The third-order valence-electron chi connectivity index (χ3n) is 4.78. The van der Waals surface area contributed by atoms with E-state index in [1.165, 1.54) is 14.2 Å². The Hall–Kier alpha value is -1.84. The second-order valence-electron chi connectivity index (χ2n) is 6.08. The largest absolute Gasteiger partial charge is 0.468 e. The normalized spacial score (nSPS) is 27.7. The van der Waals surface area contributed by atoms with Crippen molar-refractivity contribution in [1.29, 1.82) is 0 Å². The van der Waals surface area contributed by atoms with Gasteiger partial charge >= 0.3 is 11.9 Å². The molecule has 2 rings (SSSR count). The zero-order valence-corrected chi connectivity index (χ0v) is 13.6. The van der Waals surface area contributed by atoms with Crippen LogP contribution in [0.1, 0.15) is 32.6 Å². The van der Waals surface area contributed by atoms with Gasteiger partial charge in [-0.25, -0.2) is 0 Å². The topological polar surface area (TPSA) is 52.6 Å². The number of allylic oxidation sites excluding steroid dienone is 4. The fraction of sp³-hybridized carbons (Fsp3) is 0.556. The lowest BCUT2D eigenvalue weighted by molar-refractivity contribution is -0.169. The first-order valence-electron chi connectivity index (χ1n) is 7.71. The van der Waals surface area contributed by atoms with Crippen LogP contribution in [0.15, 0.2) is 36.0 Å². The maximum Gasteiger partial charge on any atom is 0.327 e. The molecular weight excluding hydrogens is 280 g/mol. The Bertz CT molecular complexity index is 525. The molecule has 0 aromatic carbocycles. The van der Waals surface area contributed by atoms with Crippen molar-refractivity contribution in [3.05, 3.63) is 36.0 Å². The van der Waals surface area contributed by atoms with Gasteiger partial charge in [0.25, 0.3) is 0 Å². The molecule has 0 aromatic heterocycles. The molecular formula is C18H24O4. The van der Waals surface area contributed by atoms with Gasteiger partial charge in [0.15, 0.2) is 5.41 Å². The van der Waals surface area contributed by atoms with Gasteiger partial charge in [0, 0.05) is 5.92 Å². The summed E-state index contributed by atoms with van der Waals surface area (Å²) in [7, 11) is 2.63. The van der Waals surface area contributed by atoms with Crippen LogP contribution in [0.4, 0.5) is 0 Å². The summed E-state index contributed by atoms with van der Waals surface area (Å²) in [6.07, 6.45) is 9.82.